The smallest absolute Gasteiger partial charge is 0.338 e. The molecule has 0 aliphatic carbocycles. The van der Waals surface area contributed by atoms with Gasteiger partial charge in [0.05, 0.1) is 36.5 Å². The third-order valence-electron chi connectivity index (χ3n) is 8.25. The quantitative estimate of drug-likeness (QED) is 0.0908. The van der Waals surface area contributed by atoms with Gasteiger partial charge in [-0.3, -0.25) is 38.4 Å². The van der Waals surface area contributed by atoms with E-state index in [9.17, 15) is 38.4 Å². The van der Waals surface area contributed by atoms with Crippen LogP contribution in [0, 0.1) is 13.8 Å². The Hall–Kier alpha value is -8.02. The van der Waals surface area contributed by atoms with Gasteiger partial charge in [0.15, 0.2) is 11.5 Å². The van der Waals surface area contributed by atoms with Gasteiger partial charge in [0, 0.05) is 52.7 Å². The average molecular weight is 855 g/mol. The topological polar surface area (TPSA) is 245 Å². The van der Waals surface area contributed by atoms with Crippen LogP contribution in [0.5, 0.6) is 34.5 Å². The van der Waals surface area contributed by atoms with Crippen LogP contribution in [0.2, 0.25) is 0 Å². The van der Waals surface area contributed by atoms with Gasteiger partial charge in [-0.1, -0.05) is 0 Å². The second kappa shape index (κ2) is 19.4. The summed E-state index contributed by atoms with van der Waals surface area (Å²) in [5, 5.41) is 0. The minimum atomic E-state index is -1.23. The minimum absolute atomic E-state index is 0.336. The zero-order chi connectivity index (χ0) is 46.3. The number of aryl methyl sites for hydroxylation is 2. The van der Waals surface area contributed by atoms with Crippen LogP contribution in [0.3, 0.4) is 0 Å². The van der Waals surface area contributed by atoms with E-state index >= 15 is 9.59 Å². The summed E-state index contributed by atoms with van der Waals surface area (Å²) in [5.74, 6) is -13.9. The molecule has 0 spiro atoms. The fourth-order valence-electron chi connectivity index (χ4n) is 6.20. The molecule has 0 aliphatic heterocycles. The number of hydrogen-bond acceptors (Lipinski definition) is 18. The van der Waals surface area contributed by atoms with Gasteiger partial charge in [0.25, 0.3) is 0 Å². The molecular weight excluding hydrogens is 816 g/mol. The van der Waals surface area contributed by atoms with E-state index in [2.05, 4.69) is 0 Å². The Morgan fingerprint density at radius 2 is 0.661 bits per heavy atom. The average Bonchev–Trinajstić information content (AvgIpc) is 3.15. The largest absolute Gasteiger partial charge is 0.465 e. The molecule has 0 aromatic heterocycles. The molecule has 0 radical (unpaired) electrons. The molecule has 322 valence electrons. The lowest BCUT2D eigenvalue weighted by Crippen LogP contribution is -2.19. The highest BCUT2D eigenvalue weighted by molar-refractivity contribution is 6.22. The second-order valence-electron chi connectivity index (χ2n) is 13.2. The van der Waals surface area contributed by atoms with Crippen LogP contribution in [0.15, 0.2) is 48.5 Å². The third kappa shape index (κ3) is 10.4. The molecule has 0 saturated carbocycles. The van der Waals surface area contributed by atoms with Crippen molar-refractivity contribution in [1.29, 1.82) is 0 Å². The normalized spacial score (nSPS) is 10.4. The Labute approximate surface area is 352 Å². The Morgan fingerprint density at radius 3 is 0.935 bits per heavy atom. The number of benzene rings is 4. The Kier molecular flexibility index (Phi) is 14.6. The van der Waals surface area contributed by atoms with Gasteiger partial charge in [0.2, 0.25) is 11.6 Å². The van der Waals surface area contributed by atoms with Crippen molar-refractivity contribution in [3.05, 3.63) is 93.0 Å². The van der Waals surface area contributed by atoms with E-state index in [0.717, 1.165) is 80.0 Å². The number of ether oxygens (including phenoxy) is 8. The van der Waals surface area contributed by atoms with Crippen molar-refractivity contribution in [3.63, 3.8) is 0 Å². The number of methoxy groups -OCH3 is 2. The zero-order valence-electron chi connectivity index (χ0n) is 35.0. The summed E-state index contributed by atoms with van der Waals surface area (Å²) in [6, 6.07) is 9.44. The fraction of sp³-hybridized carbons (Fsp3) is 0.227. The number of rotatable bonds is 13. The van der Waals surface area contributed by atoms with E-state index < -0.39 is 127 Å². The van der Waals surface area contributed by atoms with Crippen LogP contribution < -0.4 is 28.4 Å². The molecular formula is C44H38O18. The van der Waals surface area contributed by atoms with Crippen molar-refractivity contribution in [2.45, 2.75) is 55.4 Å². The molecule has 18 heteroatoms. The van der Waals surface area contributed by atoms with Gasteiger partial charge in [-0.2, -0.15) is 0 Å². The SMILES string of the molecule is COC(=O)c1cc(C)cc(OC(C)=O)c1C(=O)c1c(OC(C)=O)ccc(-c2ccc(OC(C)=O)c(C(=O)c3c(OC(C)=O)cc(C)cc3C(=O)OC)c2OC(C)=O)c1OC(C)=O. The third-order valence-corrected chi connectivity index (χ3v) is 8.25. The fourth-order valence-corrected chi connectivity index (χ4v) is 6.20. The van der Waals surface area contributed by atoms with Crippen LogP contribution in [-0.2, 0) is 38.2 Å². The van der Waals surface area contributed by atoms with E-state index in [4.69, 9.17) is 37.9 Å². The first-order chi connectivity index (χ1) is 29.1. The van der Waals surface area contributed by atoms with Gasteiger partial charge >= 0.3 is 47.8 Å². The second-order valence-corrected chi connectivity index (χ2v) is 13.2. The maximum atomic E-state index is 15.0. The van der Waals surface area contributed by atoms with E-state index in [1.807, 2.05) is 0 Å². The first-order valence-electron chi connectivity index (χ1n) is 18.1. The Morgan fingerprint density at radius 1 is 0.371 bits per heavy atom. The molecule has 0 heterocycles. The van der Waals surface area contributed by atoms with E-state index in [-0.39, 0.29) is 11.1 Å². The lowest BCUT2D eigenvalue weighted by Gasteiger charge is -2.22. The molecule has 62 heavy (non-hydrogen) atoms. The summed E-state index contributed by atoms with van der Waals surface area (Å²) in [6.45, 7) is 8.98. The van der Waals surface area contributed by atoms with Crippen LogP contribution in [0.1, 0.15) is 105 Å². The van der Waals surface area contributed by atoms with Gasteiger partial charge in [-0.15, -0.1) is 0 Å². The lowest BCUT2D eigenvalue weighted by atomic mass is 9.89. The van der Waals surface area contributed by atoms with Gasteiger partial charge in [-0.25, -0.2) is 9.59 Å². The summed E-state index contributed by atoms with van der Waals surface area (Å²) in [5.41, 5.74) is -3.53. The maximum Gasteiger partial charge on any atom is 0.338 e. The molecule has 4 aromatic carbocycles. The van der Waals surface area contributed by atoms with Gasteiger partial charge in [0.1, 0.15) is 34.1 Å². The summed E-state index contributed by atoms with van der Waals surface area (Å²) < 4.78 is 42.6. The number of carbonyl (C=O) groups excluding carboxylic acids is 10. The molecule has 4 rings (SSSR count). The highest BCUT2D eigenvalue weighted by atomic mass is 16.6. The number of carbonyl (C=O) groups is 10. The van der Waals surface area contributed by atoms with Crippen molar-refractivity contribution >= 4 is 59.3 Å². The van der Waals surface area contributed by atoms with Crippen molar-refractivity contribution in [2.75, 3.05) is 14.2 Å². The molecule has 0 saturated heterocycles. The summed E-state index contributed by atoms with van der Waals surface area (Å²) in [6.07, 6.45) is 0. The number of esters is 8. The number of ketones is 2. The van der Waals surface area contributed by atoms with Crippen LogP contribution in [-0.4, -0.2) is 73.5 Å². The summed E-state index contributed by atoms with van der Waals surface area (Å²) in [7, 11) is 2.04. The molecule has 0 N–H and O–H groups in total. The van der Waals surface area contributed by atoms with Crippen LogP contribution in [0.25, 0.3) is 11.1 Å². The first kappa shape index (κ1) is 46.7. The molecule has 4 aromatic rings. The minimum Gasteiger partial charge on any atom is -0.465 e. The van der Waals surface area contributed by atoms with Crippen molar-refractivity contribution < 1.29 is 85.8 Å². The monoisotopic (exact) mass is 854 g/mol. The predicted molar refractivity (Wildman–Crippen MR) is 212 cm³/mol. The predicted octanol–water partition coefficient (Wildman–Crippen LogP) is 5.56. The van der Waals surface area contributed by atoms with Crippen molar-refractivity contribution in [3.8, 4) is 45.6 Å². The van der Waals surface area contributed by atoms with Crippen molar-refractivity contribution in [2.24, 2.45) is 0 Å². The van der Waals surface area contributed by atoms with E-state index in [1.54, 1.807) is 0 Å². The first-order valence-corrected chi connectivity index (χ1v) is 18.1. The zero-order valence-corrected chi connectivity index (χ0v) is 35.0. The molecule has 0 amide bonds. The molecule has 0 bridgehead atoms. The summed E-state index contributed by atoms with van der Waals surface area (Å²) in [4.78, 5) is 132. The van der Waals surface area contributed by atoms with Gasteiger partial charge in [-0.05, 0) is 73.5 Å². The lowest BCUT2D eigenvalue weighted by molar-refractivity contribution is -0.133. The maximum absolute atomic E-state index is 15.0. The summed E-state index contributed by atoms with van der Waals surface area (Å²) >= 11 is 0. The Balaban J connectivity index is 2.29. The van der Waals surface area contributed by atoms with Crippen LogP contribution >= 0.6 is 0 Å². The van der Waals surface area contributed by atoms with E-state index in [0.29, 0.717) is 11.1 Å². The van der Waals surface area contributed by atoms with Gasteiger partial charge < -0.3 is 37.9 Å². The standard InChI is InChI=1S/C44H38O18/c1-19-15-29(43(53)55-9)35(33(17-19)59-23(5)47)39(51)37-31(57-21(3)45)13-11-27(41(37)61-25(7)49)28-12-14-32(58-22(4)46)38(42(28)62-26(8)50)40(52)36-30(44(54)56-10)16-20(2)18-34(36)60-24(6)48/h11-18H,1-10H3. The molecule has 0 atom stereocenters. The molecule has 18 nitrogen and oxygen atoms in total. The molecule has 0 unspecified atom stereocenters. The van der Waals surface area contributed by atoms with E-state index in [1.165, 1.54) is 38.1 Å². The highest BCUT2D eigenvalue weighted by Crippen LogP contribution is 2.48. The van der Waals surface area contributed by atoms with Crippen LogP contribution in [0.4, 0.5) is 0 Å². The molecule has 0 fully saturated rings. The molecule has 0 aliphatic rings. The van der Waals surface area contributed by atoms with Crippen molar-refractivity contribution in [1.82, 2.24) is 0 Å². The Bertz CT molecular complexity index is 2440. The highest BCUT2D eigenvalue weighted by Gasteiger charge is 2.36. The number of hydrogen-bond donors (Lipinski definition) is 0.